The second-order valence-electron chi connectivity index (χ2n) is 9.29. The topological polar surface area (TPSA) is 62.4 Å². The Morgan fingerprint density at radius 1 is 0.914 bits per heavy atom. The third-order valence-corrected chi connectivity index (χ3v) is 6.83. The number of β-amino-alcohol motifs (C(OH)–C–C–N with tert-alkyl or cyclic N) is 1. The molecule has 1 N–H and O–H groups in total. The lowest BCUT2D eigenvalue weighted by molar-refractivity contribution is -0.0319. The van der Waals surface area contributed by atoms with Gasteiger partial charge in [0.25, 0.3) is 0 Å². The van der Waals surface area contributed by atoms with Crippen LogP contribution in [0.25, 0.3) is 10.9 Å². The molecule has 184 valence electrons. The van der Waals surface area contributed by atoms with Gasteiger partial charge in [0.2, 0.25) is 0 Å². The van der Waals surface area contributed by atoms with Crippen LogP contribution in [-0.4, -0.2) is 73.5 Å². The average molecular weight is 481 g/mol. The van der Waals surface area contributed by atoms with Crippen molar-refractivity contribution < 1.29 is 13.9 Å². The lowest BCUT2D eigenvalue weighted by Crippen LogP contribution is -2.52. The van der Waals surface area contributed by atoms with Gasteiger partial charge in [-0.2, -0.15) is 5.10 Å². The molecule has 0 amide bonds. The number of para-hydroxylation sites is 1. The molecule has 4 aromatic rings. The highest BCUT2D eigenvalue weighted by Crippen LogP contribution is 2.28. The normalized spacial score (nSPS) is 17.1. The number of fused-ring (bicyclic) bond motifs is 1. The van der Waals surface area contributed by atoms with Gasteiger partial charge in [0.1, 0.15) is 29.9 Å². The first-order chi connectivity index (χ1) is 17.0. The van der Waals surface area contributed by atoms with Crippen molar-refractivity contribution >= 4 is 10.9 Å². The molecule has 3 heterocycles. The number of aliphatic hydroxyl groups is 1. The molecule has 1 atom stereocenters. The zero-order chi connectivity index (χ0) is 24.3. The second kappa shape index (κ2) is 10.2. The number of halogens is 2. The SMILES string of the molecule is OC(CN1CCN(CCCn2ccc3ccccc32)CC1)(Cn1cncn1)c1ccc(F)cc1F. The van der Waals surface area contributed by atoms with Crippen molar-refractivity contribution in [3.63, 3.8) is 0 Å². The predicted molar refractivity (Wildman–Crippen MR) is 130 cm³/mol. The molecular formula is C26H30F2N6O. The fourth-order valence-electron chi connectivity index (χ4n) is 5.01. The highest BCUT2D eigenvalue weighted by atomic mass is 19.1. The Morgan fingerprint density at radius 3 is 2.49 bits per heavy atom. The Hall–Kier alpha value is -3.14. The van der Waals surface area contributed by atoms with Crippen LogP contribution in [0, 0.1) is 11.6 Å². The molecule has 1 saturated heterocycles. The minimum Gasteiger partial charge on any atom is -0.382 e. The summed E-state index contributed by atoms with van der Waals surface area (Å²) in [5.41, 5.74) is -0.240. The van der Waals surface area contributed by atoms with Crippen molar-refractivity contribution in [1.82, 2.24) is 29.1 Å². The maximum atomic E-state index is 14.7. The van der Waals surface area contributed by atoms with E-state index in [4.69, 9.17) is 0 Å². The summed E-state index contributed by atoms with van der Waals surface area (Å²) in [5.74, 6) is -1.43. The minimum atomic E-state index is -1.57. The molecular weight excluding hydrogens is 450 g/mol. The smallest absolute Gasteiger partial charge is 0.137 e. The zero-order valence-electron chi connectivity index (χ0n) is 19.6. The fourth-order valence-corrected chi connectivity index (χ4v) is 5.01. The number of rotatable bonds is 9. The van der Waals surface area contributed by atoms with Crippen LogP contribution in [0.3, 0.4) is 0 Å². The van der Waals surface area contributed by atoms with Gasteiger partial charge < -0.3 is 14.6 Å². The Labute approximate surface area is 203 Å². The van der Waals surface area contributed by atoms with E-state index in [2.05, 4.69) is 61.0 Å². The standard InChI is InChI=1S/C26H30F2N6O/c27-22-6-7-23(24(28)16-22)26(35,18-34-20-29-19-30-34)17-32-14-12-31(13-15-32)9-3-10-33-11-8-21-4-1-2-5-25(21)33/h1-2,4-8,11,16,19-20,35H,3,9-10,12-15,17-18H2. The molecule has 2 aromatic heterocycles. The molecule has 1 aliphatic rings. The molecule has 35 heavy (non-hydrogen) atoms. The molecule has 0 aliphatic carbocycles. The maximum Gasteiger partial charge on any atom is 0.137 e. The van der Waals surface area contributed by atoms with Crippen molar-refractivity contribution in [2.45, 2.75) is 25.1 Å². The van der Waals surface area contributed by atoms with Crippen molar-refractivity contribution in [1.29, 1.82) is 0 Å². The van der Waals surface area contributed by atoms with E-state index in [0.29, 0.717) is 0 Å². The average Bonchev–Trinajstić information content (AvgIpc) is 3.50. The van der Waals surface area contributed by atoms with Crippen LogP contribution >= 0.6 is 0 Å². The second-order valence-corrected chi connectivity index (χ2v) is 9.29. The van der Waals surface area contributed by atoms with E-state index >= 15 is 0 Å². The highest BCUT2D eigenvalue weighted by molar-refractivity contribution is 5.79. The molecule has 5 rings (SSSR count). The van der Waals surface area contributed by atoms with E-state index in [1.807, 2.05) is 0 Å². The first-order valence-electron chi connectivity index (χ1n) is 12.0. The molecule has 0 bridgehead atoms. The van der Waals surface area contributed by atoms with Crippen molar-refractivity contribution in [3.8, 4) is 0 Å². The largest absolute Gasteiger partial charge is 0.382 e. The molecule has 1 fully saturated rings. The van der Waals surface area contributed by atoms with Gasteiger partial charge >= 0.3 is 0 Å². The van der Waals surface area contributed by atoms with Crippen LogP contribution in [0.5, 0.6) is 0 Å². The Morgan fingerprint density at radius 2 is 1.71 bits per heavy atom. The van der Waals surface area contributed by atoms with E-state index in [9.17, 15) is 13.9 Å². The van der Waals surface area contributed by atoms with E-state index in [-0.39, 0.29) is 18.7 Å². The lowest BCUT2D eigenvalue weighted by Gasteiger charge is -2.39. The van der Waals surface area contributed by atoms with E-state index < -0.39 is 17.2 Å². The lowest BCUT2D eigenvalue weighted by atomic mass is 9.92. The quantitative estimate of drug-likeness (QED) is 0.399. The number of hydrogen-bond acceptors (Lipinski definition) is 5. The summed E-state index contributed by atoms with van der Waals surface area (Å²) >= 11 is 0. The molecule has 0 spiro atoms. The predicted octanol–water partition coefficient (Wildman–Crippen LogP) is 3.11. The van der Waals surface area contributed by atoms with Gasteiger partial charge in [-0.25, -0.2) is 18.4 Å². The van der Waals surface area contributed by atoms with Crippen molar-refractivity contribution in [2.24, 2.45) is 0 Å². The van der Waals surface area contributed by atoms with E-state index in [1.54, 1.807) is 0 Å². The van der Waals surface area contributed by atoms with Gasteiger partial charge in [-0.3, -0.25) is 4.90 Å². The fraction of sp³-hybridized carbons (Fsp3) is 0.385. The molecule has 2 aromatic carbocycles. The summed E-state index contributed by atoms with van der Waals surface area (Å²) in [6, 6.07) is 13.9. The third-order valence-electron chi connectivity index (χ3n) is 6.83. The Balaban J connectivity index is 1.18. The molecule has 1 aliphatic heterocycles. The molecule has 0 radical (unpaired) electrons. The monoisotopic (exact) mass is 480 g/mol. The minimum absolute atomic E-state index is 0.0284. The molecule has 7 nitrogen and oxygen atoms in total. The number of aryl methyl sites for hydroxylation is 1. The summed E-state index contributed by atoms with van der Waals surface area (Å²) < 4.78 is 32.0. The van der Waals surface area contributed by atoms with Crippen LogP contribution < -0.4 is 0 Å². The first kappa shape index (κ1) is 23.6. The number of benzene rings is 2. The van der Waals surface area contributed by atoms with Crippen molar-refractivity contribution in [3.05, 3.63) is 84.6 Å². The number of hydrogen-bond donors (Lipinski definition) is 1. The number of nitrogens with zero attached hydrogens (tertiary/aromatic N) is 6. The summed E-state index contributed by atoms with van der Waals surface area (Å²) in [4.78, 5) is 8.48. The van der Waals surface area contributed by atoms with Crippen LogP contribution in [0.15, 0.2) is 67.4 Å². The van der Waals surface area contributed by atoms with Gasteiger partial charge in [0.15, 0.2) is 0 Å². The molecule has 0 saturated carbocycles. The van der Waals surface area contributed by atoms with E-state index in [1.165, 1.54) is 40.4 Å². The number of piperazine rings is 1. The van der Waals surface area contributed by atoms with Crippen LogP contribution in [0.2, 0.25) is 0 Å². The molecule has 1 unspecified atom stereocenters. The number of aromatic nitrogens is 4. The van der Waals surface area contributed by atoms with Crippen LogP contribution in [-0.2, 0) is 18.7 Å². The third kappa shape index (κ3) is 5.42. The summed E-state index contributed by atoms with van der Waals surface area (Å²) in [6.07, 6.45) is 6.05. The zero-order valence-corrected chi connectivity index (χ0v) is 19.6. The van der Waals surface area contributed by atoms with Crippen LogP contribution in [0.1, 0.15) is 12.0 Å². The van der Waals surface area contributed by atoms with Gasteiger partial charge in [-0.1, -0.05) is 24.3 Å². The van der Waals surface area contributed by atoms with E-state index in [0.717, 1.165) is 51.8 Å². The summed E-state index contributed by atoms with van der Waals surface area (Å²) in [5, 5.41) is 16.9. The van der Waals surface area contributed by atoms with Gasteiger partial charge in [0.05, 0.1) is 6.54 Å². The Kier molecular flexibility index (Phi) is 6.90. The molecule has 9 heteroatoms. The summed E-state index contributed by atoms with van der Waals surface area (Å²) in [7, 11) is 0. The maximum absolute atomic E-state index is 14.7. The van der Waals surface area contributed by atoms with Crippen molar-refractivity contribution in [2.75, 3.05) is 39.3 Å². The van der Waals surface area contributed by atoms with Crippen LogP contribution in [0.4, 0.5) is 8.78 Å². The Bertz CT molecular complexity index is 1250. The van der Waals surface area contributed by atoms with Gasteiger partial charge in [0, 0.05) is 62.6 Å². The van der Waals surface area contributed by atoms with Gasteiger partial charge in [-0.05, 0) is 36.6 Å². The first-order valence-corrected chi connectivity index (χ1v) is 12.0. The summed E-state index contributed by atoms with van der Waals surface area (Å²) in [6.45, 7) is 5.48. The highest BCUT2D eigenvalue weighted by Gasteiger charge is 2.36. The van der Waals surface area contributed by atoms with Gasteiger partial charge in [-0.15, -0.1) is 0 Å².